The molecular weight excluding hydrogens is 377 g/mol. The summed E-state index contributed by atoms with van der Waals surface area (Å²) in [5.74, 6) is -1.64. The van der Waals surface area contributed by atoms with Gasteiger partial charge in [0.1, 0.15) is 17.2 Å². The first-order valence-corrected chi connectivity index (χ1v) is 9.62. The molecule has 7 nitrogen and oxygen atoms in total. The molecule has 8 heteroatoms. The SMILES string of the molecule is O=C(NCc1ccccc1F)c1cccc(C(=O)N2CCC3(CC2)OCCO3)n1. The van der Waals surface area contributed by atoms with E-state index < -0.39 is 11.7 Å². The summed E-state index contributed by atoms with van der Waals surface area (Å²) in [4.78, 5) is 31.1. The van der Waals surface area contributed by atoms with E-state index in [1.807, 2.05) is 0 Å². The summed E-state index contributed by atoms with van der Waals surface area (Å²) in [7, 11) is 0. The number of ether oxygens (including phenoxy) is 2. The van der Waals surface area contributed by atoms with E-state index in [4.69, 9.17) is 9.47 Å². The Balaban J connectivity index is 1.38. The van der Waals surface area contributed by atoms with Gasteiger partial charge in [0.2, 0.25) is 0 Å². The van der Waals surface area contributed by atoms with Crippen LogP contribution in [0, 0.1) is 5.82 Å². The van der Waals surface area contributed by atoms with Crippen molar-refractivity contribution in [3.05, 3.63) is 65.2 Å². The van der Waals surface area contributed by atoms with Gasteiger partial charge < -0.3 is 19.7 Å². The lowest BCUT2D eigenvalue weighted by Gasteiger charge is -2.37. The van der Waals surface area contributed by atoms with Crippen LogP contribution in [0.25, 0.3) is 0 Å². The highest BCUT2D eigenvalue weighted by molar-refractivity contribution is 5.96. The molecule has 29 heavy (non-hydrogen) atoms. The molecule has 152 valence electrons. The van der Waals surface area contributed by atoms with Crippen LogP contribution in [-0.2, 0) is 16.0 Å². The number of carbonyl (C=O) groups is 2. The molecule has 2 amide bonds. The van der Waals surface area contributed by atoms with Crippen molar-refractivity contribution in [2.45, 2.75) is 25.2 Å². The van der Waals surface area contributed by atoms with Gasteiger partial charge in [-0.2, -0.15) is 0 Å². The van der Waals surface area contributed by atoms with Crippen molar-refractivity contribution in [3.63, 3.8) is 0 Å². The maximum absolute atomic E-state index is 13.7. The highest BCUT2D eigenvalue weighted by Gasteiger charge is 2.41. The summed E-state index contributed by atoms with van der Waals surface area (Å²) in [5, 5.41) is 2.64. The zero-order valence-corrected chi connectivity index (χ0v) is 15.9. The number of nitrogens with zero attached hydrogens (tertiary/aromatic N) is 2. The molecule has 1 spiro atoms. The molecule has 3 heterocycles. The Morgan fingerprint density at radius 3 is 2.45 bits per heavy atom. The van der Waals surface area contributed by atoms with E-state index in [1.54, 1.807) is 35.2 Å². The van der Waals surface area contributed by atoms with Gasteiger partial charge in [-0.25, -0.2) is 9.37 Å². The zero-order chi connectivity index (χ0) is 20.3. The Morgan fingerprint density at radius 1 is 1.03 bits per heavy atom. The smallest absolute Gasteiger partial charge is 0.272 e. The molecule has 1 aromatic heterocycles. The molecule has 2 aromatic rings. The maximum Gasteiger partial charge on any atom is 0.272 e. The van der Waals surface area contributed by atoms with E-state index >= 15 is 0 Å². The molecule has 0 unspecified atom stereocenters. The molecule has 2 saturated heterocycles. The fourth-order valence-corrected chi connectivity index (χ4v) is 3.59. The minimum Gasteiger partial charge on any atom is -0.347 e. The number of benzene rings is 1. The van der Waals surface area contributed by atoms with E-state index in [2.05, 4.69) is 10.3 Å². The first kappa shape index (κ1) is 19.5. The summed E-state index contributed by atoms with van der Waals surface area (Å²) in [6, 6.07) is 11.0. The lowest BCUT2D eigenvalue weighted by atomic mass is 10.0. The summed E-state index contributed by atoms with van der Waals surface area (Å²) in [5.41, 5.74) is 0.697. The van der Waals surface area contributed by atoms with E-state index in [9.17, 15) is 14.0 Å². The Hall–Kier alpha value is -2.84. The van der Waals surface area contributed by atoms with Crippen molar-refractivity contribution < 1.29 is 23.5 Å². The van der Waals surface area contributed by atoms with Crippen LogP contribution in [-0.4, -0.2) is 53.8 Å². The van der Waals surface area contributed by atoms with Gasteiger partial charge in [-0.3, -0.25) is 9.59 Å². The summed E-state index contributed by atoms with van der Waals surface area (Å²) in [6.45, 7) is 2.22. The first-order valence-electron chi connectivity index (χ1n) is 9.62. The fourth-order valence-electron chi connectivity index (χ4n) is 3.59. The van der Waals surface area contributed by atoms with Crippen LogP contribution in [0.3, 0.4) is 0 Å². The predicted octanol–water partition coefficient (Wildman–Crippen LogP) is 2.13. The van der Waals surface area contributed by atoms with Crippen molar-refractivity contribution in [2.75, 3.05) is 26.3 Å². The zero-order valence-electron chi connectivity index (χ0n) is 15.9. The van der Waals surface area contributed by atoms with Crippen molar-refractivity contribution in [1.29, 1.82) is 0 Å². The molecule has 0 saturated carbocycles. The Bertz CT molecular complexity index is 904. The molecule has 1 aromatic carbocycles. The Morgan fingerprint density at radius 2 is 1.72 bits per heavy atom. The lowest BCUT2D eigenvalue weighted by molar-refractivity contribution is -0.181. The topological polar surface area (TPSA) is 80.8 Å². The van der Waals surface area contributed by atoms with E-state index in [1.165, 1.54) is 12.1 Å². The minimum atomic E-state index is -0.557. The number of likely N-dealkylation sites (tertiary alicyclic amines) is 1. The molecule has 0 atom stereocenters. The molecule has 0 radical (unpaired) electrons. The van der Waals surface area contributed by atoms with Gasteiger partial charge in [-0.05, 0) is 18.2 Å². The predicted molar refractivity (Wildman–Crippen MR) is 102 cm³/mol. The highest BCUT2D eigenvalue weighted by Crippen LogP contribution is 2.31. The van der Waals surface area contributed by atoms with Crippen LogP contribution in [0.1, 0.15) is 39.4 Å². The second-order valence-electron chi connectivity index (χ2n) is 7.08. The average molecular weight is 399 g/mol. The van der Waals surface area contributed by atoms with Gasteiger partial charge in [0.05, 0.1) is 13.2 Å². The van der Waals surface area contributed by atoms with Crippen LogP contribution in [0.15, 0.2) is 42.5 Å². The monoisotopic (exact) mass is 399 g/mol. The second-order valence-corrected chi connectivity index (χ2v) is 7.08. The number of nitrogens with one attached hydrogen (secondary N) is 1. The van der Waals surface area contributed by atoms with E-state index in [0.29, 0.717) is 44.7 Å². The molecule has 2 aliphatic rings. The number of piperidine rings is 1. The quantitative estimate of drug-likeness (QED) is 0.852. The molecule has 0 aliphatic carbocycles. The van der Waals surface area contributed by atoms with Gasteiger partial charge in [0.15, 0.2) is 5.79 Å². The van der Waals surface area contributed by atoms with Crippen molar-refractivity contribution in [2.24, 2.45) is 0 Å². The van der Waals surface area contributed by atoms with Gasteiger partial charge in [-0.15, -0.1) is 0 Å². The third-order valence-electron chi connectivity index (χ3n) is 5.22. The molecular formula is C21H22FN3O4. The van der Waals surface area contributed by atoms with Crippen LogP contribution in [0.4, 0.5) is 4.39 Å². The number of carbonyl (C=O) groups excluding carboxylic acids is 2. The fraction of sp³-hybridized carbons (Fsp3) is 0.381. The molecule has 1 N–H and O–H groups in total. The van der Waals surface area contributed by atoms with Crippen LogP contribution in [0.2, 0.25) is 0 Å². The largest absolute Gasteiger partial charge is 0.347 e. The number of halogens is 1. The molecule has 2 aliphatic heterocycles. The van der Waals surface area contributed by atoms with Gasteiger partial charge in [0, 0.05) is 38.0 Å². The average Bonchev–Trinajstić information content (AvgIpc) is 3.21. The highest BCUT2D eigenvalue weighted by atomic mass is 19.1. The van der Waals surface area contributed by atoms with Gasteiger partial charge >= 0.3 is 0 Å². The first-order chi connectivity index (χ1) is 14.1. The van der Waals surface area contributed by atoms with Gasteiger partial charge in [-0.1, -0.05) is 24.3 Å². The molecule has 0 bridgehead atoms. The van der Waals surface area contributed by atoms with Crippen molar-refractivity contribution in [1.82, 2.24) is 15.2 Å². The molecule has 2 fully saturated rings. The number of hydrogen-bond donors (Lipinski definition) is 1. The van der Waals surface area contributed by atoms with Gasteiger partial charge in [0.25, 0.3) is 11.8 Å². The Labute approximate surface area is 167 Å². The number of hydrogen-bond acceptors (Lipinski definition) is 5. The number of pyridine rings is 1. The minimum absolute atomic E-state index is 0.0412. The third-order valence-corrected chi connectivity index (χ3v) is 5.22. The summed E-state index contributed by atoms with van der Waals surface area (Å²) >= 11 is 0. The van der Waals surface area contributed by atoms with Crippen LogP contribution < -0.4 is 5.32 Å². The Kier molecular flexibility index (Phi) is 5.55. The van der Waals surface area contributed by atoms with E-state index in [-0.39, 0.29) is 29.7 Å². The number of amides is 2. The summed E-state index contributed by atoms with van der Waals surface area (Å²) in [6.07, 6.45) is 1.23. The van der Waals surface area contributed by atoms with Crippen LogP contribution in [0.5, 0.6) is 0 Å². The second kappa shape index (κ2) is 8.26. The maximum atomic E-state index is 13.7. The lowest BCUT2D eigenvalue weighted by Crippen LogP contribution is -2.47. The van der Waals surface area contributed by atoms with E-state index in [0.717, 1.165) is 0 Å². The molecule has 4 rings (SSSR count). The third kappa shape index (κ3) is 4.28. The number of aromatic nitrogens is 1. The van der Waals surface area contributed by atoms with Crippen molar-refractivity contribution >= 4 is 11.8 Å². The number of rotatable bonds is 4. The van der Waals surface area contributed by atoms with Crippen LogP contribution >= 0.6 is 0 Å². The normalized spacial score (nSPS) is 18.0. The standard InChI is InChI=1S/C21H22FN3O4/c22-16-5-2-1-4-15(16)14-23-19(26)17-6-3-7-18(24-17)20(27)25-10-8-21(9-11-25)28-12-13-29-21/h1-7H,8-14H2,(H,23,26). The van der Waals surface area contributed by atoms with Crippen molar-refractivity contribution in [3.8, 4) is 0 Å². The summed E-state index contributed by atoms with van der Waals surface area (Å²) < 4.78 is 25.1.